The summed E-state index contributed by atoms with van der Waals surface area (Å²) in [5, 5.41) is 20.2. The second kappa shape index (κ2) is 14.2. The van der Waals surface area contributed by atoms with Crippen molar-refractivity contribution < 1.29 is 60.7 Å². The van der Waals surface area contributed by atoms with Gasteiger partial charge in [0.25, 0.3) is 0 Å². The Balaban J connectivity index is 1.39. The summed E-state index contributed by atoms with van der Waals surface area (Å²) in [4.78, 5) is -6.02. The van der Waals surface area contributed by atoms with Crippen LogP contribution < -0.4 is 16.4 Å². The molecule has 6 aromatic carbocycles. The fourth-order valence-electron chi connectivity index (χ4n) is 8.40. The summed E-state index contributed by atoms with van der Waals surface area (Å²) in [6.45, 7) is 4.34. The Morgan fingerprint density at radius 1 is 0.468 bits per heavy atom. The predicted molar refractivity (Wildman–Crippen MR) is 203 cm³/mol. The molecular formula is C43H19BF10N2O4S2. The van der Waals surface area contributed by atoms with Crippen molar-refractivity contribution in [3.05, 3.63) is 152 Å². The first kappa shape index (κ1) is 42.0. The number of halogens is 10. The van der Waals surface area contributed by atoms with Crippen LogP contribution in [-0.2, 0) is 19.7 Å². The maximum atomic E-state index is 15.0. The Labute approximate surface area is 345 Å². The Morgan fingerprint density at radius 3 is 1.34 bits per heavy atom. The summed E-state index contributed by atoms with van der Waals surface area (Å²) < 4.78 is 199. The lowest BCUT2D eigenvalue weighted by atomic mass is 9.37. The maximum absolute atomic E-state index is 15.0. The highest BCUT2D eigenvalue weighted by atomic mass is 32.2. The first-order valence-electron chi connectivity index (χ1n) is 17.7. The van der Waals surface area contributed by atoms with Gasteiger partial charge in [0.1, 0.15) is 27.5 Å². The molecule has 0 saturated heterocycles. The molecule has 0 saturated carbocycles. The molecule has 0 amide bonds. The van der Waals surface area contributed by atoms with Crippen molar-refractivity contribution in [3.63, 3.8) is 0 Å². The van der Waals surface area contributed by atoms with Gasteiger partial charge in [-0.3, -0.25) is 0 Å². The predicted octanol–water partition coefficient (Wildman–Crippen LogP) is 7.99. The molecule has 62 heavy (non-hydrogen) atoms. The Morgan fingerprint density at radius 2 is 0.871 bits per heavy atom. The average molecular weight is 893 g/mol. The number of nitrogens with zero attached hydrogens (tertiary/aromatic N) is 2. The second-order valence-electron chi connectivity index (χ2n) is 14.5. The van der Waals surface area contributed by atoms with Gasteiger partial charge in [0.05, 0.1) is 9.79 Å². The number of sulfone groups is 2. The molecule has 6 nitrogen and oxygen atoms in total. The zero-order valence-corrected chi connectivity index (χ0v) is 33.1. The van der Waals surface area contributed by atoms with Crippen molar-refractivity contribution >= 4 is 48.3 Å². The van der Waals surface area contributed by atoms with E-state index in [4.69, 9.17) is 0 Å². The van der Waals surface area contributed by atoms with E-state index in [9.17, 15) is 71.3 Å². The van der Waals surface area contributed by atoms with Gasteiger partial charge < -0.3 is 0 Å². The zero-order chi connectivity index (χ0) is 45.2. The van der Waals surface area contributed by atoms with E-state index in [0.717, 1.165) is 35.9 Å². The van der Waals surface area contributed by atoms with E-state index in [2.05, 4.69) is 0 Å². The molecule has 1 aliphatic carbocycles. The SMILES string of the molecule is Cc1cc(C)c(B2c3cc(S(=O)(=O)c4c(F)c(F)c(F)c(F)c4F)ccc3-c3cc4c(cc32)C(=C(C#N)C#N)c2cc(S(=O)(=O)c3c(F)c(F)c(F)c(F)c3F)ccc2-4)c(C)c1. The van der Waals surface area contributed by atoms with Crippen LogP contribution >= 0.6 is 0 Å². The number of fused-ring (bicyclic) bond motifs is 6. The number of hydrogen-bond acceptors (Lipinski definition) is 6. The fraction of sp³-hybridized carbons (Fsp3) is 0.0698. The fourth-order valence-corrected chi connectivity index (χ4v) is 11.2. The minimum Gasteiger partial charge on any atom is -0.218 e. The molecule has 2 aliphatic rings. The van der Waals surface area contributed by atoms with E-state index in [1.807, 2.05) is 6.92 Å². The van der Waals surface area contributed by atoms with E-state index >= 15 is 0 Å². The molecule has 0 N–H and O–H groups in total. The molecule has 1 aliphatic heterocycles. The van der Waals surface area contributed by atoms with E-state index in [0.29, 0.717) is 33.2 Å². The Hall–Kier alpha value is -6.70. The van der Waals surface area contributed by atoms with Gasteiger partial charge in [0.15, 0.2) is 46.5 Å². The van der Waals surface area contributed by atoms with Crippen molar-refractivity contribution in [1.29, 1.82) is 10.5 Å². The van der Waals surface area contributed by atoms with Crippen LogP contribution in [0.4, 0.5) is 43.9 Å². The van der Waals surface area contributed by atoms with E-state index in [1.165, 1.54) is 12.1 Å². The smallest absolute Gasteiger partial charge is 0.218 e. The molecule has 0 aromatic heterocycles. The van der Waals surface area contributed by atoms with E-state index in [-0.39, 0.29) is 33.3 Å². The van der Waals surface area contributed by atoms with Crippen molar-refractivity contribution in [2.45, 2.75) is 40.4 Å². The van der Waals surface area contributed by atoms with Gasteiger partial charge >= 0.3 is 0 Å². The first-order chi connectivity index (χ1) is 29.1. The molecule has 0 unspecified atom stereocenters. The summed E-state index contributed by atoms with van der Waals surface area (Å²) in [6, 6.07) is 16.1. The van der Waals surface area contributed by atoms with Gasteiger partial charge in [-0.25, -0.2) is 60.7 Å². The van der Waals surface area contributed by atoms with E-state index in [1.54, 1.807) is 44.2 Å². The molecule has 0 radical (unpaired) electrons. The minimum atomic E-state index is -5.53. The number of aryl methyl sites for hydroxylation is 3. The molecule has 0 spiro atoms. The third-order valence-electron chi connectivity index (χ3n) is 10.9. The van der Waals surface area contributed by atoms with Gasteiger partial charge in [-0.05, 0) is 84.5 Å². The number of benzene rings is 6. The highest BCUT2D eigenvalue weighted by molar-refractivity contribution is 7.91. The summed E-state index contributed by atoms with van der Waals surface area (Å²) in [5.74, 6) is -25.5. The van der Waals surface area contributed by atoms with Gasteiger partial charge in [-0.15, -0.1) is 0 Å². The first-order valence-corrected chi connectivity index (χ1v) is 20.7. The lowest BCUT2D eigenvalue weighted by Crippen LogP contribution is -2.51. The molecule has 6 aromatic rings. The molecule has 1 heterocycles. The zero-order valence-electron chi connectivity index (χ0n) is 31.5. The molecular weight excluding hydrogens is 873 g/mol. The van der Waals surface area contributed by atoms with Crippen molar-refractivity contribution in [3.8, 4) is 34.4 Å². The normalized spacial score (nSPS) is 12.8. The number of allylic oxidation sites excluding steroid dienone is 1. The quantitative estimate of drug-likeness (QED) is 0.0432. The molecule has 310 valence electrons. The second-order valence-corrected chi connectivity index (χ2v) is 18.2. The number of nitriles is 2. The third-order valence-corrected chi connectivity index (χ3v) is 14.5. The standard InChI is InChI=1S/C43H19BF10N2O4S2/c1-16-8-17(2)31(18(3)9-16)44-28-11-21(62(59,60)43-40(53)36(49)33(46)37(50)41(43)54)5-7-23(28)25-12-24-22-6-4-20(10-26(22)30(19(14-55)15-56)27(24)13-29(25)44)61(57,58)42-38(51)34(47)32(45)35(48)39(42)52/h4-13H,1-3H3. The van der Waals surface area contributed by atoms with Crippen LogP contribution in [0.1, 0.15) is 27.8 Å². The van der Waals surface area contributed by atoms with Crippen molar-refractivity contribution in [2.75, 3.05) is 0 Å². The van der Waals surface area contributed by atoms with Crippen molar-refractivity contribution in [2.24, 2.45) is 0 Å². The molecule has 8 rings (SSSR count). The van der Waals surface area contributed by atoms with Gasteiger partial charge in [0, 0.05) is 5.57 Å². The Bertz CT molecular complexity index is 3370. The number of hydrogen-bond donors (Lipinski definition) is 0. The highest BCUT2D eigenvalue weighted by Gasteiger charge is 2.42. The lowest BCUT2D eigenvalue weighted by molar-refractivity contribution is 0.357. The number of rotatable bonds is 5. The largest absolute Gasteiger partial charge is 0.243 e. The van der Waals surface area contributed by atoms with Gasteiger partial charge in [-0.2, -0.15) is 10.5 Å². The summed E-state index contributed by atoms with van der Waals surface area (Å²) in [5.41, 5.74) is 3.55. The van der Waals surface area contributed by atoms with Crippen LogP contribution in [0.5, 0.6) is 0 Å². The summed E-state index contributed by atoms with van der Waals surface area (Å²) in [7, 11) is -11.0. The lowest BCUT2D eigenvalue weighted by Gasteiger charge is -2.19. The maximum Gasteiger partial charge on any atom is 0.243 e. The topological polar surface area (TPSA) is 116 Å². The molecule has 0 fully saturated rings. The molecule has 19 heteroatoms. The average Bonchev–Trinajstić information content (AvgIpc) is 3.71. The Kier molecular flexibility index (Phi) is 9.61. The van der Waals surface area contributed by atoms with Crippen LogP contribution in [0.3, 0.4) is 0 Å². The van der Waals surface area contributed by atoms with Gasteiger partial charge in [0.2, 0.25) is 38.0 Å². The van der Waals surface area contributed by atoms with Crippen LogP contribution in [-0.4, -0.2) is 23.5 Å². The summed E-state index contributed by atoms with van der Waals surface area (Å²) in [6.07, 6.45) is 0. The van der Waals surface area contributed by atoms with Crippen LogP contribution in [0, 0.1) is 102 Å². The third kappa shape index (κ3) is 5.75. The minimum absolute atomic E-state index is 0.122. The van der Waals surface area contributed by atoms with Crippen molar-refractivity contribution in [1.82, 2.24) is 0 Å². The van der Waals surface area contributed by atoms with Crippen LogP contribution in [0.2, 0.25) is 0 Å². The van der Waals surface area contributed by atoms with Gasteiger partial charge in [-0.1, -0.05) is 63.4 Å². The monoisotopic (exact) mass is 892 g/mol. The summed E-state index contributed by atoms with van der Waals surface area (Å²) >= 11 is 0. The molecule has 0 bridgehead atoms. The van der Waals surface area contributed by atoms with Crippen LogP contribution in [0.25, 0.3) is 27.8 Å². The van der Waals surface area contributed by atoms with Crippen LogP contribution in [0.15, 0.2) is 85.8 Å². The van der Waals surface area contributed by atoms with E-state index < -0.39 is 110 Å². The highest BCUT2D eigenvalue weighted by Crippen LogP contribution is 2.49. The molecule has 0 atom stereocenters.